The summed E-state index contributed by atoms with van der Waals surface area (Å²) in [5.74, 6) is 2.08. The lowest BCUT2D eigenvalue weighted by atomic mass is 9.69. The van der Waals surface area contributed by atoms with E-state index in [1.54, 1.807) is 0 Å². The molecule has 74 valence electrons. The van der Waals surface area contributed by atoms with Crippen molar-refractivity contribution in [2.24, 2.45) is 5.92 Å². The summed E-state index contributed by atoms with van der Waals surface area (Å²) in [6.45, 7) is 0. The van der Waals surface area contributed by atoms with E-state index in [-0.39, 0.29) is 0 Å². The van der Waals surface area contributed by atoms with Crippen LogP contribution in [0.25, 0.3) is 0 Å². The smallest absolute Gasteiger partial charge is 0.119 e. The minimum absolute atomic E-state index is 0.535. The molecule has 0 spiro atoms. The van der Waals surface area contributed by atoms with Gasteiger partial charge < -0.3 is 5.11 Å². The zero-order valence-corrected chi connectivity index (χ0v) is 8.37. The molecular formula is C13H16O. The molecule has 0 saturated heterocycles. The summed E-state index contributed by atoms with van der Waals surface area (Å²) in [4.78, 5) is 0. The number of rotatable bonds is 0. The largest absolute Gasteiger partial charge is 0.508 e. The van der Waals surface area contributed by atoms with E-state index in [0.717, 1.165) is 5.92 Å². The van der Waals surface area contributed by atoms with E-state index in [4.69, 9.17) is 0 Å². The van der Waals surface area contributed by atoms with Crippen molar-refractivity contribution in [3.8, 4) is 5.75 Å². The summed E-state index contributed by atoms with van der Waals surface area (Å²) >= 11 is 0. The van der Waals surface area contributed by atoms with Crippen molar-refractivity contribution in [1.29, 1.82) is 0 Å². The molecule has 1 fully saturated rings. The molecule has 3 rings (SSSR count). The zero-order chi connectivity index (χ0) is 9.54. The molecule has 0 heterocycles. The Bertz CT molecular complexity index is 356. The van der Waals surface area contributed by atoms with Crippen molar-refractivity contribution < 1.29 is 5.11 Å². The van der Waals surface area contributed by atoms with Gasteiger partial charge in [-0.2, -0.15) is 0 Å². The van der Waals surface area contributed by atoms with Gasteiger partial charge in [0.15, 0.2) is 0 Å². The van der Waals surface area contributed by atoms with Crippen LogP contribution in [0.3, 0.4) is 0 Å². The van der Waals surface area contributed by atoms with Crippen LogP contribution in [0.15, 0.2) is 18.2 Å². The highest BCUT2D eigenvalue weighted by molar-refractivity contribution is 5.44. The standard InChI is InChI=1S/C13H16O/c14-12-6-2-5-11-8-9-3-1-4-10(7-9)13(11)12/h2,5-6,9-10,14H,1,3-4,7-8H2. The Hall–Kier alpha value is -0.980. The quantitative estimate of drug-likeness (QED) is 0.662. The number of hydrogen-bond acceptors (Lipinski definition) is 1. The predicted octanol–water partition coefficient (Wildman–Crippen LogP) is 3.22. The highest BCUT2D eigenvalue weighted by atomic mass is 16.3. The van der Waals surface area contributed by atoms with Gasteiger partial charge in [0, 0.05) is 5.56 Å². The van der Waals surface area contributed by atoms with Crippen LogP contribution in [-0.2, 0) is 6.42 Å². The lowest BCUT2D eigenvalue weighted by Crippen LogP contribution is -2.23. The number of fused-ring (bicyclic) bond motifs is 4. The molecule has 0 radical (unpaired) electrons. The van der Waals surface area contributed by atoms with Crippen LogP contribution in [0.2, 0.25) is 0 Å². The van der Waals surface area contributed by atoms with E-state index < -0.39 is 0 Å². The van der Waals surface area contributed by atoms with Gasteiger partial charge in [0.1, 0.15) is 5.75 Å². The van der Waals surface area contributed by atoms with E-state index in [0.29, 0.717) is 11.7 Å². The number of phenolic OH excluding ortho intramolecular Hbond substituents is 1. The molecular weight excluding hydrogens is 172 g/mol. The van der Waals surface area contributed by atoms with E-state index in [9.17, 15) is 5.11 Å². The Morgan fingerprint density at radius 3 is 3.07 bits per heavy atom. The van der Waals surface area contributed by atoms with Crippen molar-refractivity contribution in [2.75, 3.05) is 0 Å². The average molecular weight is 188 g/mol. The van der Waals surface area contributed by atoms with Crippen LogP contribution in [0.4, 0.5) is 0 Å². The number of phenols is 1. The van der Waals surface area contributed by atoms with Gasteiger partial charge in [-0.05, 0) is 42.7 Å². The Kier molecular flexibility index (Phi) is 1.79. The Morgan fingerprint density at radius 2 is 2.14 bits per heavy atom. The second-order valence-electron chi connectivity index (χ2n) is 4.78. The summed E-state index contributed by atoms with van der Waals surface area (Å²) in [5.41, 5.74) is 2.68. The minimum atomic E-state index is 0.535. The minimum Gasteiger partial charge on any atom is -0.508 e. The third-order valence-corrected chi connectivity index (χ3v) is 3.87. The van der Waals surface area contributed by atoms with Crippen molar-refractivity contribution in [2.45, 2.75) is 38.0 Å². The normalized spacial score (nSPS) is 29.7. The molecule has 0 aliphatic heterocycles. The van der Waals surface area contributed by atoms with E-state index >= 15 is 0 Å². The van der Waals surface area contributed by atoms with Gasteiger partial charge in [-0.3, -0.25) is 0 Å². The Morgan fingerprint density at radius 1 is 1.21 bits per heavy atom. The highest BCUT2D eigenvalue weighted by Crippen LogP contribution is 2.46. The second kappa shape index (κ2) is 3.01. The SMILES string of the molecule is Oc1cccc2c1C1CCCC(C2)C1. The molecule has 1 saturated carbocycles. The predicted molar refractivity (Wildman–Crippen MR) is 56.5 cm³/mol. The fourth-order valence-corrected chi connectivity index (χ4v) is 3.30. The summed E-state index contributed by atoms with van der Waals surface area (Å²) < 4.78 is 0. The topological polar surface area (TPSA) is 20.2 Å². The van der Waals surface area contributed by atoms with Crippen LogP contribution in [0.5, 0.6) is 5.75 Å². The lowest BCUT2D eigenvalue weighted by Gasteiger charge is -2.36. The van der Waals surface area contributed by atoms with Gasteiger partial charge in [0.25, 0.3) is 0 Å². The van der Waals surface area contributed by atoms with Gasteiger partial charge in [-0.1, -0.05) is 25.0 Å². The molecule has 2 aliphatic rings. The van der Waals surface area contributed by atoms with Crippen LogP contribution in [0, 0.1) is 5.92 Å². The number of benzene rings is 1. The Labute approximate surface area is 84.8 Å². The number of hydrogen-bond donors (Lipinski definition) is 1. The maximum Gasteiger partial charge on any atom is 0.119 e. The van der Waals surface area contributed by atoms with Crippen LogP contribution in [0.1, 0.15) is 42.7 Å². The molecule has 1 aromatic rings. The molecule has 2 atom stereocenters. The summed E-state index contributed by atoms with van der Waals surface area (Å²) in [6, 6.07) is 6.02. The fraction of sp³-hybridized carbons (Fsp3) is 0.538. The molecule has 2 unspecified atom stereocenters. The van der Waals surface area contributed by atoms with Crippen LogP contribution >= 0.6 is 0 Å². The molecule has 1 aromatic carbocycles. The van der Waals surface area contributed by atoms with Gasteiger partial charge in [0.2, 0.25) is 0 Å². The average Bonchev–Trinajstić information content (AvgIpc) is 2.17. The van der Waals surface area contributed by atoms with Crippen LogP contribution in [-0.4, -0.2) is 5.11 Å². The first-order valence-corrected chi connectivity index (χ1v) is 5.65. The molecule has 2 bridgehead atoms. The van der Waals surface area contributed by atoms with Gasteiger partial charge >= 0.3 is 0 Å². The molecule has 1 heteroatoms. The Balaban J connectivity index is 2.11. The third-order valence-electron chi connectivity index (χ3n) is 3.87. The summed E-state index contributed by atoms with van der Waals surface area (Å²) in [6.07, 6.45) is 6.53. The molecule has 14 heavy (non-hydrogen) atoms. The summed E-state index contributed by atoms with van der Waals surface area (Å²) in [5, 5.41) is 9.87. The molecule has 0 amide bonds. The first-order valence-electron chi connectivity index (χ1n) is 5.65. The monoisotopic (exact) mass is 188 g/mol. The van der Waals surface area contributed by atoms with E-state index in [2.05, 4.69) is 6.07 Å². The third kappa shape index (κ3) is 1.15. The maximum absolute atomic E-state index is 9.87. The zero-order valence-electron chi connectivity index (χ0n) is 8.37. The van der Waals surface area contributed by atoms with Crippen molar-refractivity contribution in [3.63, 3.8) is 0 Å². The first-order chi connectivity index (χ1) is 6.84. The van der Waals surface area contributed by atoms with Crippen molar-refractivity contribution >= 4 is 0 Å². The van der Waals surface area contributed by atoms with E-state index in [1.807, 2.05) is 12.1 Å². The van der Waals surface area contributed by atoms with Crippen LogP contribution < -0.4 is 0 Å². The second-order valence-corrected chi connectivity index (χ2v) is 4.78. The van der Waals surface area contributed by atoms with E-state index in [1.165, 1.54) is 43.2 Å². The summed E-state index contributed by atoms with van der Waals surface area (Å²) in [7, 11) is 0. The molecule has 1 N–H and O–H groups in total. The molecule has 1 nitrogen and oxygen atoms in total. The lowest BCUT2D eigenvalue weighted by molar-refractivity contribution is 0.292. The first kappa shape index (κ1) is 8.34. The van der Waals surface area contributed by atoms with Gasteiger partial charge in [-0.25, -0.2) is 0 Å². The van der Waals surface area contributed by atoms with Crippen molar-refractivity contribution in [3.05, 3.63) is 29.3 Å². The molecule has 2 aliphatic carbocycles. The van der Waals surface area contributed by atoms with Gasteiger partial charge in [-0.15, -0.1) is 0 Å². The fourth-order valence-electron chi connectivity index (χ4n) is 3.30. The van der Waals surface area contributed by atoms with Gasteiger partial charge in [0.05, 0.1) is 0 Å². The highest BCUT2D eigenvalue weighted by Gasteiger charge is 2.31. The maximum atomic E-state index is 9.87. The van der Waals surface area contributed by atoms with Crippen molar-refractivity contribution in [1.82, 2.24) is 0 Å². The molecule has 0 aromatic heterocycles. The number of aromatic hydroxyl groups is 1.